The summed E-state index contributed by atoms with van der Waals surface area (Å²) in [5.74, 6) is 0. The zero-order valence-corrected chi connectivity index (χ0v) is 25.5. The summed E-state index contributed by atoms with van der Waals surface area (Å²) in [5.41, 5.74) is 4.18. The number of ether oxygens (including phenoxy) is 4. The van der Waals surface area contributed by atoms with E-state index in [0.717, 1.165) is 41.6 Å². The van der Waals surface area contributed by atoms with Gasteiger partial charge in [-0.3, -0.25) is 0 Å². The first kappa shape index (κ1) is 32.0. The van der Waals surface area contributed by atoms with Crippen LogP contribution in [0.2, 0.25) is 0 Å². The first-order valence-electron chi connectivity index (χ1n) is 15.8. The van der Waals surface area contributed by atoms with Gasteiger partial charge in [-0.25, -0.2) is 0 Å². The standard InChI is InChI=1S/C38H45NO5/c1-2-3-24-39-33-34(40)36(42-26-30-18-10-5-11-19-30)38(44-28-32-22-14-7-15-23-32)37(43-27-31-20-12-6-13-21-31)35(33)41-25-29-16-8-4-9-17-29/h4-23,33-40H,2-3,24-28H2,1H3/t33-,34-,35-,36-,37+,38+/m0/s1. The fourth-order valence-corrected chi connectivity index (χ4v) is 5.69. The van der Waals surface area contributed by atoms with E-state index in [1.54, 1.807) is 0 Å². The number of unbranched alkanes of at least 4 members (excludes halogenated alkanes) is 1. The second-order valence-corrected chi connectivity index (χ2v) is 11.4. The van der Waals surface area contributed by atoms with E-state index in [0.29, 0.717) is 26.4 Å². The lowest BCUT2D eigenvalue weighted by Crippen LogP contribution is -2.69. The molecule has 0 unspecified atom stereocenters. The van der Waals surface area contributed by atoms with E-state index in [1.165, 1.54) is 0 Å². The van der Waals surface area contributed by atoms with Crippen LogP contribution >= 0.6 is 0 Å². The van der Waals surface area contributed by atoms with Gasteiger partial charge >= 0.3 is 0 Å². The van der Waals surface area contributed by atoms with Gasteiger partial charge in [0.2, 0.25) is 0 Å². The van der Waals surface area contributed by atoms with E-state index in [9.17, 15) is 5.11 Å². The molecule has 0 heterocycles. The third-order valence-electron chi connectivity index (χ3n) is 8.08. The van der Waals surface area contributed by atoms with Crippen LogP contribution in [-0.2, 0) is 45.4 Å². The van der Waals surface area contributed by atoms with Crippen LogP contribution in [0.25, 0.3) is 0 Å². The second-order valence-electron chi connectivity index (χ2n) is 11.4. The minimum absolute atomic E-state index is 0.344. The van der Waals surface area contributed by atoms with Gasteiger partial charge in [-0.15, -0.1) is 0 Å². The highest BCUT2D eigenvalue weighted by Crippen LogP contribution is 2.33. The Balaban J connectivity index is 1.48. The molecule has 44 heavy (non-hydrogen) atoms. The van der Waals surface area contributed by atoms with Gasteiger partial charge in [0.1, 0.15) is 30.5 Å². The number of hydrogen-bond acceptors (Lipinski definition) is 6. The average Bonchev–Trinajstić information content (AvgIpc) is 3.08. The van der Waals surface area contributed by atoms with Gasteiger partial charge in [-0.2, -0.15) is 0 Å². The predicted octanol–water partition coefficient (Wildman–Crippen LogP) is 6.46. The molecule has 1 saturated carbocycles. The number of hydrogen-bond donors (Lipinski definition) is 2. The lowest BCUT2D eigenvalue weighted by molar-refractivity contribution is -0.250. The Morgan fingerprint density at radius 1 is 0.500 bits per heavy atom. The maximum atomic E-state index is 12.0. The molecule has 0 bridgehead atoms. The lowest BCUT2D eigenvalue weighted by Gasteiger charge is -2.49. The molecule has 4 aromatic rings. The summed E-state index contributed by atoms with van der Waals surface area (Å²) in [7, 11) is 0. The molecule has 0 aromatic heterocycles. The van der Waals surface area contributed by atoms with Gasteiger partial charge in [0.15, 0.2) is 0 Å². The van der Waals surface area contributed by atoms with Crippen LogP contribution in [0.3, 0.4) is 0 Å². The van der Waals surface area contributed by atoms with Crippen molar-refractivity contribution < 1.29 is 24.1 Å². The molecule has 4 aromatic carbocycles. The minimum atomic E-state index is -0.895. The molecule has 2 N–H and O–H groups in total. The Morgan fingerprint density at radius 3 is 1.23 bits per heavy atom. The van der Waals surface area contributed by atoms with E-state index in [4.69, 9.17) is 18.9 Å². The first-order valence-corrected chi connectivity index (χ1v) is 15.8. The summed E-state index contributed by atoms with van der Waals surface area (Å²) in [6.45, 7) is 4.37. The van der Waals surface area contributed by atoms with Gasteiger partial charge in [-0.1, -0.05) is 135 Å². The zero-order chi connectivity index (χ0) is 30.4. The van der Waals surface area contributed by atoms with Crippen molar-refractivity contribution in [3.8, 4) is 0 Å². The monoisotopic (exact) mass is 595 g/mol. The van der Waals surface area contributed by atoms with Crippen LogP contribution in [0.4, 0.5) is 0 Å². The van der Waals surface area contributed by atoms with Crippen LogP contribution in [-0.4, -0.2) is 48.2 Å². The molecule has 232 valence electrons. The van der Waals surface area contributed by atoms with Gasteiger partial charge in [0.05, 0.1) is 32.5 Å². The summed E-state index contributed by atoms with van der Waals surface area (Å²) >= 11 is 0. The Morgan fingerprint density at radius 2 is 0.841 bits per heavy atom. The topological polar surface area (TPSA) is 69.2 Å². The van der Waals surface area contributed by atoms with Crippen LogP contribution in [0, 0.1) is 0 Å². The maximum absolute atomic E-state index is 12.0. The highest BCUT2D eigenvalue weighted by atomic mass is 16.6. The maximum Gasteiger partial charge on any atom is 0.115 e. The second kappa shape index (κ2) is 17.2. The van der Waals surface area contributed by atoms with Gasteiger partial charge in [0.25, 0.3) is 0 Å². The molecule has 0 aliphatic heterocycles. The average molecular weight is 596 g/mol. The zero-order valence-electron chi connectivity index (χ0n) is 25.5. The molecule has 0 radical (unpaired) electrons. The quantitative estimate of drug-likeness (QED) is 0.145. The number of nitrogens with one attached hydrogen (secondary N) is 1. The first-order chi connectivity index (χ1) is 21.7. The predicted molar refractivity (Wildman–Crippen MR) is 173 cm³/mol. The third-order valence-corrected chi connectivity index (χ3v) is 8.08. The summed E-state index contributed by atoms with van der Waals surface area (Å²) in [6, 6.07) is 39.9. The molecule has 0 amide bonds. The molecule has 6 atom stereocenters. The van der Waals surface area contributed by atoms with Gasteiger partial charge < -0.3 is 29.4 Å². The molecule has 0 spiro atoms. The SMILES string of the molecule is CCCCN[C@H]1[C@H](O)[C@H](OCc2ccccc2)[C@@H](OCc2ccccc2)[C@H](OCc2ccccc2)[C@H]1OCc1ccccc1. The van der Waals surface area contributed by atoms with Gasteiger partial charge in [-0.05, 0) is 35.2 Å². The van der Waals surface area contributed by atoms with Crippen LogP contribution in [0.1, 0.15) is 42.0 Å². The number of aliphatic hydroxyl groups excluding tert-OH is 1. The molecule has 1 aliphatic carbocycles. The summed E-state index contributed by atoms with van der Waals surface area (Å²) < 4.78 is 26.7. The fraction of sp³-hybridized carbons (Fsp3) is 0.368. The summed E-state index contributed by atoms with van der Waals surface area (Å²) in [6.07, 6.45) is -1.15. The van der Waals surface area contributed by atoms with Crippen LogP contribution < -0.4 is 5.32 Å². The molecule has 6 heteroatoms. The van der Waals surface area contributed by atoms with Crippen LogP contribution in [0.5, 0.6) is 0 Å². The fourth-order valence-electron chi connectivity index (χ4n) is 5.69. The van der Waals surface area contributed by atoms with Crippen molar-refractivity contribution in [2.75, 3.05) is 6.54 Å². The van der Waals surface area contributed by atoms with Gasteiger partial charge in [0, 0.05) is 0 Å². The highest BCUT2D eigenvalue weighted by molar-refractivity contribution is 5.17. The third kappa shape index (κ3) is 9.08. The summed E-state index contributed by atoms with van der Waals surface area (Å²) in [4.78, 5) is 0. The number of rotatable bonds is 16. The van der Waals surface area contributed by atoms with Crippen molar-refractivity contribution in [2.24, 2.45) is 0 Å². The molecular weight excluding hydrogens is 550 g/mol. The Hall–Kier alpha value is -3.36. The van der Waals surface area contributed by atoms with Crippen molar-refractivity contribution in [2.45, 2.75) is 82.8 Å². The van der Waals surface area contributed by atoms with Crippen molar-refractivity contribution >= 4 is 0 Å². The normalized spacial score (nSPS) is 23.4. The molecule has 6 nitrogen and oxygen atoms in total. The summed E-state index contributed by atoms with van der Waals surface area (Å²) in [5, 5.41) is 15.7. The van der Waals surface area contributed by atoms with E-state index >= 15 is 0 Å². The number of aliphatic hydroxyl groups is 1. The van der Waals surface area contributed by atoms with E-state index in [-0.39, 0.29) is 0 Å². The molecule has 1 fully saturated rings. The van der Waals surface area contributed by atoms with Crippen LogP contribution in [0.15, 0.2) is 121 Å². The van der Waals surface area contributed by atoms with Crippen molar-refractivity contribution in [1.29, 1.82) is 0 Å². The van der Waals surface area contributed by atoms with E-state index in [1.807, 2.05) is 109 Å². The van der Waals surface area contributed by atoms with Crippen molar-refractivity contribution in [3.63, 3.8) is 0 Å². The smallest absolute Gasteiger partial charge is 0.115 e. The largest absolute Gasteiger partial charge is 0.389 e. The number of benzene rings is 4. The Labute approximate surface area is 262 Å². The van der Waals surface area contributed by atoms with E-state index in [2.05, 4.69) is 24.4 Å². The van der Waals surface area contributed by atoms with Crippen molar-refractivity contribution in [1.82, 2.24) is 5.32 Å². The minimum Gasteiger partial charge on any atom is -0.389 e. The highest BCUT2D eigenvalue weighted by Gasteiger charge is 2.53. The molecular formula is C38H45NO5. The Bertz CT molecular complexity index is 1320. The molecule has 0 saturated heterocycles. The van der Waals surface area contributed by atoms with E-state index < -0.39 is 36.6 Å². The molecule has 1 aliphatic rings. The molecule has 5 rings (SSSR count). The Kier molecular flexibility index (Phi) is 12.5. The lowest BCUT2D eigenvalue weighted by atomic mass is 9.82. The van der Waals surface area contributed by atoms with Crippen molar-refractivity contribution in [3.05, 3.63) is 144 Å².